The van der Waals surface area contributed by atoms with Gasteiger partial charge < -0.3 is 15.0 Å². The Labute approximate surface area is 138 Å². The van der Waals surface area contributed by atoms with Crippen molar-refractivity contribution in [3.05, 3.63) is 59.7 Å². The molecule has 0 spiro atoms. The third-order valence-corrected chi connectivity index (χ3v) is 3.58. The number of aryl methyl sites for hydroxylation is 2. The number of hydrogen-bond donors (Lipinski definition) is 2. The molecular formula is C19H25N2O2+. The largest absolute Gasteiger partial charge is 0.488 e. The highest BCUT2D eigenvalue weighted by Crippen LogP contribution is 2.11. The summed E-state index contributed by atoms with van der Waals surface area (Å²) >= 11 is 0. The third kappa shape index (κ3) is 6.12. The van der Waals surface area contributed by atoms with Gasteiger partial charge in [0.15, 0.2) is 6.54 Å². The molecule has 0 radical (unpaired) electrons. The minimum Gasteiger partial charge on any atom is -0.488 e. The Morgan fingerprint density at radius 3 is 2.52 bits per heavy atom. The molecule has 122 valence electrons. The zero-order valence-corrected chi connectivity index (χ0v) is 14.1. The van der Waals surface area contributed by atoms with Crippen LogP contribution in [0.5, 0.6) is 5.75 Å². The van der Waals surface area contributed by atoms with Gasteiger partial charge in [-0.1, -0.05) is 29.8 Å². The second-order valence-corrected chi connectivity index (χ2v) is 5.96. The molecule has 2 aromatic rings. The molecule has 0 heterocycles. The molecule has 0 aliphatic carbocycles. The summed E-state index contributed by atoms with van der Waals surface area (Å²) in [6, 6.07) is 15.8. The van der Waals surface area contributed by atoms with Gasteiger partial charge >= 0.3 is 0 Å². The summed E-state index contributed by atoms with van der Waals surface area (Å²) in [5.74, 6) is 0.892. The summed E-state index contributed by atoms with van der Waals surface area (Å²) in [6.45, 7) is 5.85. The lowest BCUT2D eigenvalue weighted by Crippen LogP contribution is -3.10. The summed E-state index contributed by atoms with van der Waals surface area (Å²) in [7, 11) is 1.99. The maximum absolute atomic E-state index is 12.0. The van der Waals surface area contributed by atoms with Crippen LogP contribution >= 0.6 is 0 Å². The predicted octanol–water partition coefficient (Wildman–Crippen LogP) is 1.84. The molecular weight excluding hydrogens is 288 g/mol. The van der Waals surface area contributed by atoms with E-state index in [0.29, 0.717) is 13.2 Å². The monoisotopic (exact) mass is 313 g/mol. The van der Waals surface area contributed by atoms with Gasteiger partial charge in [0.2, 0.25) is 0 Å². The van der Waals surface area contributed by atoms with Gasteiger partial charge in [-0.2, -0.15) is 0 Å². The van der Waals surface area contributed by atoms with Gasteiger partial charge in [0.25, 0.3) is 5.91 Å². The van der Waals surface area contributed by atoms with E-state index in [4.69, 9.17) is 4.74 Å². The molecule has 2 N–H and O–H groups in total. The molecule has 0 aliphatic rings. The quantitative estimate of drug-likeness (QED) is 0.819. The van der Waals surface area contributed by atoms with E-state index in [1.165, 1.54) is 11.1 Å². The van der Waals surface area contributed by atoms with E-state index in [2.05, 4.69) is 5.32 Å². The molecule has 0 bridgehead atoms. The topological polar surface area (TPSA) is 42.8 Å². The zero-order chi connectivity index (χ0) is 16.7. The van der Waals surface area contributed by atoms with Crippen molar-refractivity contribution in [2.45, 2.75) is 13.8 Å². The van der Waals surface area contributed by atoms with Crippen LogP contribution in [-0.4, -0.2) is 32.7 Å². The van der Waals surface area contributed by atoms with Crippen LogP contribution in [0.4, 0.5) is 5.69 Å². The summed E-state index contributed by atoms with van der Waals surface area (Å²) < 4.78 is 5.72. The lowest BCUT2D eigenvalue weighted by atomic mass is 10.2. The van der Waals surface area contributed by atoms with Crippen molar-refractivity contribution in [1.29, 1.82) is 0 Å². The van der Waals surface area contributed by atoms with Crippen LogP contribution < -0.4 is 15.0 Å². The Morgan fingerprint density at radius 2 is 1.83 bits per heavy atom. The van der Waals surface area contributed by atoms with E-state index in [-0.39, 0.29) is 5.91 Å². The molecule has 0 aromatic heterocycles. The Hall–Kier alpha value is -2.33. The number of rotatable bonds is 7. The van der Waals surface area contributed by atoms with Crippen LogP contribution in [0.25, 0.3) is 0 Å². The Morgan fingerprint density at radius 1 is 1.09 bits per heavy atom. The van der Waals surface area contributed by atoms with Crippen molar-refractivity contribution < 1.29 is 14.4 Å². The number of ether oxygens (including phenoxy) is 1. The van der Waals surface area contributed by atoms with Gasteiger partial charge in [-0.15, -0.1) is 0 Å². The predicted molar refractivity (Wildman–Crippen MR) is 93.1 cm³/mol. The van der Waals surface area contributed by atoms with Crippen LogP contribution in [0, 0.1) is 13.8 Å². The summed E-state index contributed by atoms with van der Waals surface area (Å²) in [4.78, 5) is 13.1. The number of likely N-dealkylation sites (N-methyl/N-ethyl adjacent to an activating group) is 1. The third-order valence-electron chi connectivity index (χ3n) is 3.58. The smallest absolute Gasteiger partial charge is 0.279 e. The zero-order valence-electron chi connectivity index (χ0n) is 14.1. The van der Waals surface area contributed by atoms with Crippen LogP contribution in [0.2, 0.25) is 0 Å². The highest BCUT2D eigenvalue weighted by Gasteiger charge is 2.10. The number of benzene rings is 2. The fraction of sp³-hybridized carbons (Fsp3) is 0.316. The summed E-state index contributed by atoms with van der Waals surface area (Å²) in [5.41, 5.74) is 3.20. The van der Waals surface area contributed by atoms with E-state index in [0.717, 1.165) is 22.9 Å². The van der Waals surface area contributed by atoms with Crippen LogP contribution in [0.1, 0.15) is 11.1 Å². The molecule has 2 rings (SSSR count). The van der Waals surface area contributed by atoms with Crippen LogP contribution in [0.3, 0.4) is 0 Å². The molecule has 1 unspecified atom stereocenters. The van der Waals surface area contributed by atoms with Gasteiger partial charge in [0.1, 0.15) is 18.9 Å². The first kappa shape index (κ1) is 17.0. The Kier molecular flexibility index (Phi) is 6.18. The molecule has 4 heteroatoms. The highest BCUT2D eigenvalue weighted by molar-refractivity contribution is 5.91. The Balaban J connectivity index is 1.70. The molecule has 2 aromatic carbocycles. The second-order valence-electron chi connectivity index (χ2n) is 5.96. The maximum atomic E-state index is 12.0. The van der Waals surface area contributed by atoms with Gasteiger partial charge in [-0.25, -0.2) is 0 Å². The van der Waals surface area contributed by atoms with Crippen molar-refractivity contribution in [2.75, 3.05) is 32.1 Å². The molecule has 4 nitrogen and oxygen atoms in total. The average Bonchev–Trinajstić information content (AvgIpc) is 2.49. The molecule has 23 heavy (non-hydrogen) atoms. The van der Waals surface area contributed by atoms with Gasteiger partial charge in [0.05, 0.1) is 7.05 Å². The minimum absolute atomic E-state index is 0.0157. The SMILES string of the molecule is Cc1ccc(NC(=O)C[NH+](C)CCOc2cccc(C)c2)cc1. The lowest BCUT2D eigenvalue weighted by Gasteiger charge is -2.14. The summed E-state index contributed by atoms with van der Waals surface area (Å²) in [5, 5.41) is 2.92. The van der Waals surface area contributed by atoms with E-state index >= 15 is 0 Å². The fourth-order valence-electron chi connectivity index (χ4n) is 2.25. The van der Waals surface area contributed by atoms with Gasteiger partial charge in [-0.05, 0) is 43.7 Å². The molecule has 0 saturated heterocycles. The second kappa shape index (κ2) is 8.34. The van der Waals surface area contributed by atoms with E-state index in [1.54, 1.807) is 0 Å². The van der Waals surface area contributed by atoms with Crippen molar-refractivity contribution in [3.63, 3.8) is 0 Å². The minimum atomic E-state index is 0.0157. The van der Waals surface area contributed by atoms with E-state index < -0.39 is 0 Å². The highest BCUT2D eigenvalue weighted by atomic mass is 16.5. The molecule has 1 amide bonds. The molecule has 0 aliphatic heterocycles. The van der Waals surface area contributed by atoms with Crippen LogP contribution in [-0.2, 0) is 4.79 Å². The first-order valence-electron chi connectivity index (χ1n) is 7.90. The lowest BCUT2D eigenvalue weighted by molar-refractivity contribution is -0.871. The number of carbonyl (C=O) groups is 1. The van der Waals surface area contributed by atoms with Gasteiger partial charge in [0, 0.05) is 5.69 Å². The van der Waals surface area contributed by atoms with Crippen molar-refractivity contribution in [3.8, 4) is 5.75 Å². The number of carbonyl (C=O) groups excluding carboxylic acids is 1. The average molecular weight is 313 g/mol. The van der Waals surface area contributed by atoms with Crippen molar-refractivity contribution in [1.82, 2.24) is 0 Å². The van der Waals surface area contributed by atoms with Crippen LogP contribution in [0.15, 0.2) is 48.5 Å². The maximum Gasteiger partial charge on any atom is 0.279 e. The number of anilines is 1. The van der Waals surface area contributed by atoms with E-state index in [1.807, 2.05) is 69.4 Å². The number of hydrogen-bond acceptors (Lipinski definition) is 2. The standard InChI is InChI=1S/C19H24N2O2/c1-15-7-9-17(10-8-15)20-19(22)14-21(3)11-12-23-18-6-4-5-16(2)13-18/h4-10,13H,11-12,14H2,1-3H3,(H,20,22)/p+1. The fourth-order valence-corrected chi connectivity index (χ4v) is 2.25. The summed E-state index contributed by atoms with van der Waals surface area (Å²) in [6.07, 6.45) is 0. The molecule has 1 atom stereocenters. The Bertz CT molecular complexity index is 638. The molecule has 0 fully saturated rings. The van der Waals surface area contributed by atoms with E-state index in [9.17, 15) is 4.79 Å². The first-order valence-corrected chi connectivity index (χ1v) is 7.90. The van der Waals surface area contributed by atoms with Crippen molar-refractivity contribution >= 4 is 11.6 Å². The molecule has 0 saturated carbocycles. The van der Waals surface area contributed by atoms with Gasteiger partial charge in [-0.3, -0.25) is 4.79 Å². The first-order chi connectivity index (χ1) is 11.0. The number of nitrogens with one attached hydrogen (secondary N) is 2. The number of quaternary nitrogens is 1. The number of amides is 1. The van der Waals surface area contributed by atoms with Crippen molar-refractivity contribution in [2.24, 2.45) is 0 Å². The normalized spacial score (nSPS) is 11.8.